The van der Waals surface area contributed by atoms with Gasteiger partial charge in [0, 0.05) is 41.9 Å². The van der Waals surface area contributed by atoms with E-state index in [2.05, 4.69) is 36.0 Å². The summed E-state index contributed by atoms with van der Waals surface area (Å²) >= 11 is 0. The van der Waals surface area contributed by atoms with E-state index < -0.39 is 6.10 Å². The Balaban J connectivity index is 1.42. The van der Waals surface area contributed by atoms with Crippen molar-refractivity contribution in [2.45, 2.75) is 65.0 Å². The van der Waals surface area contributed by atoms with E-state index in [1.54, 1.807) is 18.5 Å². The van der Waals surface area contributed by atoms with Crippen LogP contribution in [0.1, 0.15) is 58.4 Å². The van der Waals surface area contributed by atoms with Crippen LogP contribution < -0.4 is 4.74 Å². The Bertz CT molecular complexity index is 958. The second-order valence-corrected chi connectivity index (χ2v) is 10.7. The number of likely N-dealkylation sites (N-methyl/N-ethyl adjacent to an activating group) is 1. The van der Waals surface area contributed by atoms with Crippen LogP contribution in [0, 0.1) is 28.6 Å². The summed E-state index contributed by atoms with van der Waals surface area (Å²) in [6, 6.07) is 0.673. The van der Waals surface area contributed by atoms with Crippen molar-refractivity contribution in [3.63, 3.8) is 0 Å². The third kappa shape index (κ3) is 3.13. The van der Waals surface area contributed by atoms with Crippen LogP contribution in [-0.2, 0) is 4.79 Å². The minimum atomic E-state index is -0.434. The molecule has 1 N–H and O–H groups in total. The lowest BCUT2D eigenvalue weighted by atomic mass is 9.48. The van der Waals surface area contributed by atoms with E-state index in [0.717, 1.165) is 43.2 Å². The van der Waals surface area contributed by atoms with E-state index >= 15 is 0 Å². The molecule has 1 amide bonds. The van der Waals surface area contributed by atoms with Crippen molar-refractivity contribution in [1.29, 1.82) is 0 Å². The molecule has 6 heteroatoms. The van der Waals surface area contributed by atoms with Gasteiger partial charge in [-0.2, -0.15) is 0 Å². The van der Waals surface area contributed by atoms with Crippen molar-refractivity contribution in [3.8, 4) is 6.01 Å². The molecule has 0 bridgehead atoms. The van der Waals surface area contributed by atoms with Crippen LogP contribution in [0.3, 0.4) is 0 Å². The number of carbonyl (C=O) groups is 1. The van der Waals surface area contributed by atoms with E-state index in [4.69, 9.17) is 4.74 Å². The predicted molar refractivity (Wildman–Crippen MR) is 123 cm³/mol. The second kappa shape index (κ2) is 7.68. The van der Waals surface area contributed by atoms with Crippen molar-refractivity contribution >= 4 is 12.0 Å². The second-order valence-electron chi connectivity index (χ2n) is 10.7. The maximum absolute atomic E-state index is 12.3. The Labute approximate surface area is 190 Å². The lowest BCUT2D eigenvalue weighted by molar-refractivity contribution is -0.140. The molecule has 0 saturated heterocycles. The lowest BCUT2D eigenvalue weighted by Gasteiger charge is -2.59. The number of hydrogen-bond acceptors (Lipinski definition) is 5. The molecule has 172 valence electrons. The van der Waals surface area contributed by atoms with Gasteiger partial charge in [0.05, 0.1) is 12.7 Å². The van der Waals surface area contributed by atoms with Gasteiger partial charge in [-0.15, -0.1) is 0 Å². The van der Waals surface area contributed by atoms with Crippen molar-refractivity contribution in [2.75, 3.05) is 13.7 Å². The van der Waals surface area contributed by atoms with Gasteiger partial charge in [-0.3, -0.25) is 4.79 Å². The average Bonchev–Trinajstić information content (AvgIpc) is 3.03. The van der Waals surface area contributed by atoms with Crippen LogP contribution in [-0.4, -0.2) is 51.7 Å². The Morgan fingerprint density at radius 2 is 1.97 bits per heavy atom. The third-order valence-corrected chi connectivity index (χ3v) is 9.27. The standard InChI is InChI=1S/C26H35N3O3/c1-5-32-24-27-14-16(15-28-24)12-17-13-20-18-6-7-21-25(2,11-9-22(30)29(21)4)19(18)8-10-26(20,3)23(17)31/h9,11-12,14-15,18-21,23,31H,5-8,10,13H2,1-4H3/t18-,19-,20+,21?,23?,25-,26+/m1/s1. The maximum atomic E-state index is 12.3. The number of aliphatic hydroxyl groups is 1. The largest absolute Gasteiger partial charge is 0.464 e. The van der Waals surface area contributed by atoms with Gasteiger partial charge in [0.1, 0.15) is 0 Å². The lowest BCUT2D eigenvalue weighted by Crippen LogP contribution is -2.59. The van der Waals surface area contributed by atoms with E-state index in [1.807, 2.05) is 18.9 Å². The van der Waals surface area contributed by atoms with Crippen LogP contribution in [0.5, 0.6) is 6.01 Å². The number of fused-ring (bicyclic) bond motifs is 5. The first-order chi connectivity index (χ1) is 15.3. The van der Waals surface area contributed by atoms with Gasteiger partial charge in [0.25, 0.3) is 0 Å². The van der Waals surface area contributed by atoms with E-state index in [-0.39, 0.29) is 22.8 Å². The molecule has 3 saturated carbocycles. The molecule has 0 aromatic carbocycles. The number of ether oxygens (including phenoxy) is 1. The zero-order valence-corrected chi connectivity index (χ0v) is 19.6. The topological polar surface area (TPSA) is 75.5 Å². The maximum Gasteiger partial charge on any atom is 0.316 e. The number of hydrogen-bond donors (Lipinski definition) is 1. The van der Waals surface area contributed by atoms with Crippen molar-refractivity contribution in [2.24, 2.45) is 28.6 Å². The summed E-state index contributed by atoms with van der Waals surface area (Å²) in [7, 11) is 1.96. The van der Waals surface area contributed by atoms with Gasteiger partial charge in [0.15, 0.2) is 0 Å². The SMILES string of the molecule is CCOc1ncc(C=C2C[C@H]3[C@@H]4CCC5N(C)C(=O)C=C[C@]5(C)[C@@H]4CC[C@]3(C)C2O)cn1. The number of nitrogens with zero attached hydrogens (tertiary/aromatic N) is 3. The summed E-state index contributed by atoms with van der Waals surface area (Å²) in [5, 5.41) is 11.4. The quantitative estimate of drug-likeness (QED) is 0.777. The molecule has 0 spiro atoms. The van der Waals surface area contributed by atoms with Crippen molar-refractivity contribution < 1.29 is 14.6 Å². The van der Waals surface area contributed by atoms with E-state index in [1.165, 1.54) is 0 Å². The smallest absolute Gasteiger partial charge is 0.316 e. The van der Waals surface area contributed by atoms with E-state index in [0.29, 0.717) is 30.4 Å². The van der Waals surface area contributed by atoms with Gasteiger partial charge in [0.2, 0.25) is 5.91 Å². The fourth-order valence-corrected chi connectivity index (χ4v) is 7.56. The summed E-state index contributed by atoms with van der Waals surface area (Å²) in [5.74, 6) is 1.70. The minimum absolute atomic E-state index is 0.0211. The summed E-state index contributed by atoms with van der Waals surface area (Å²) in [5.41, 5.74) is 1.94. The Morgan fingerprint density at radius 3 is 2.69 bits per heavy atom. The van der Waals surface area contributed by atoms with Gasteiger partial charge in [-0.25, -0.2) is 9.97 Å². The molecule has 6 nitrogen and oxygen atoms in total. The molecule has 1 aliphatic heterocycles. The average molecular weight is 438 g/mol. The third-order valence-electron chi connectivity index (χ3n) is 9.27. The summed E-state index contributed by atoms with van der Waals surface area (Å²) < 4.78 is 5.35. The van der Waals surface area contributed by atoms with Crippen LogP contribution in [0.2, 0.25) is 0 Å². The molecule has 2 heterocycles. The Morgan fingerprint density at radius 1 is 1.22 bits per heavy atom. The molecular formula is C26H35N3O3. The van der Waals surface area contributed by atoms with Crippen molar-refractivity contribution in [3.05, 3.63) is 35.7 Å². The zero-order chi connectivity index (χ0) is 22.7. The number of aliphatic hydroxyl groups excluding tert-OH is 1. The normalized spacial score (nSPS) is 41.9. The first-order valence-electron chi connectivity index (χ1n) is 12.1. The fourth-order valence-electron chi connectivity index (χ4n) is 7.56. The molecule has 5 rings (SSSR count). The van der Waals surface area contributed by atoms with Crippen LogP contribution in [0.15, 0.2) is 30.1 Å². The summed E-state index contributed by atoms with van der Waals surface area (Å²) in [6.07, 6.45) is 14.4. The molecule has 1 aromatic heterocycles. The molecular weight excluding hydrogens is 402 g/mol. The fraction of sp³-hybridized carbons (Fsp3) is 0.654. The number of carbonyl (C=O) groups excluding carboxylic acids is 1. The molecule has 4 aliphatic rings. The zero-order valence-electron chi connectivity index (χ0n) is 19.6. The van der Waals surface area contributed by atoms with Crippen LogP contribution in [0.4, 0.5) is 0 Å². The Kier molecular flexibility index (Phi) is 5.19. The predicted octanol–water partition coefficient (Wildman–Crippen LogP) is 3.87. The minimum Gasteiger partial charge on any atom is -0.464 e. The molecule has 1 aromatic rings. The number of rotatable bonds is 3. The molecule has 3 aliphatic carbocycles. The first-order valence-corrected chi connectivity index (χ1v) is 12.1. The van der Waals surface area contributed by atoms with Crippen molar-refractivity contribution in [1.82, 2.24) is 14.9 Å². The highest BCUT2D eigenvalue weighted by Crippen LogP contribution is 2.64. The highest BCUT2D eigenvalue weighted by atomic mass is 16.5. The van der Waals surface area contributed by atoms with E-state index in [9.17, 15) is 9.90 Å². The number of aromatic nitrogens is 2. The van der Waals surface area contributed by atoms with Gasteiger partial charge < -0.3 is 14.7 Å². The summed E-state index contributed by atoms with van der Waals surface area (Å²) in [6.45, 7) is 7.10. The Hall–Kier alpha value is -2.21. The molecule has 3 fully saturated rings. The van der Waals surface area contributed by atoms with Crippen LogP contribution in [0.25, 0.3) is 6.08 Å². The highest BCUT2D eigenvalue weighted by molar-refractivity contribution is 5.89. The molecule has 0 radical (unpaired) electrons. The van der Waals surface area contributed by atoms with Gasteiger partial charge >= 0.3 is 6.01 Å². The molecule has 7 atom stereocenters. The van der Waals surface area contributed by atoms with Crippen LogP contribution >= 0.6 is 0 Å². The molecule has 32 heavy (non-hydrogen) atoms. The van der Waals surface area contributed by atoms with Gasteiger partial charge in [-0.05, 0) is 68.4 Å². The van der Waals surface area contributed by atoms with Gasteiger partial charge in [-0.1, -0.05) is 26.0 Å². The monoisotopic (exact) mass is 437 g/mol. The molecule has 2 unspecified atom stereocenters. The summed E-state index contributed by atoms with van der Waals surface area (Å²) in [4.78, 5) is 22.8. The highest BCUT2D eigenvalue weighted by Gasteiger charge is 2.61. The first kappa shape index (κ1) is 21.6. The number of amides is 1.